The lowest BCUT2D eigenvalue weighted by molar-refractivity contribution is -0.165. The topological polar surface area (TPSA) is 93.4 Å². The van der Waals surface area contributed by atoms with Gasteiger partial charge in [-0.05, 0) is 0 Å². The molecule has 0 radical (unpaired) electrons. The van der Waals surface area contributed by atoms with E-state index in [1.165, 1.54) is 6.07 Å². The summed E-state index contributed by atoms with van der Waals surface area (Å²) in [5.74, 6) is -2.75. The summed E-state index contributed by atoms with van der Waals surface area (Å²) >= 11 is 0. The molecule has 0 rings (SSSR count). The summed E-state index contributed by atoms with van der Waals surface area (Å²) in [5.41, 5.74) is 0. The largest absolute Gasteiger partial charge is 0.406 e. The number of hydrogen-bond donors (Lipinski definition) is 2. The molecule has 0 heterocycles. The van der Waals surface area contributed by atoms with E-state index in [1.54, 1.807) is 0 Å². The van der Waals surface area contributed by atoms with Crippen molar-refractivity contribution in [2.24, 2.45) is 0 Å². The first-order chi connectivity index (χ1) is 7.81. The van der Waals surface area contributed by atoms with Gasteiger partial charge in [-0.25, -0.2) is 0 Å². The molecule has 0 aromatic heterocycles. The number of halogens is 3. The number of nitriles is 1. The van der Waals surface area contributed by atoms with Gasteiger partial charge in [-0.2, -0.15) is 18.4 Å². The van der Waals surface area contributed by atoms with E-state index in [0.29, 0.717) is 0 Å². The average molecular weight is 253 g/mol. The van der Waals surface area contributed by atoms with E-state index >= 15 is 0 Å². The van der Waals surface area contributed by atoms with Crippen molar-refractivity contribution in [1.82, 2.24) is 10.2 Å². The Kier molecular flexibility index (Phi) is 5.98. The highest BCUT2D eigenvalue weighted by atomic mass is 19.4. The van der Waals surface area contributed by atoms with Crippen molar-refractivity contribution in [2.45, 2.75) is 6.18 Å². The van der Waals surface area contributed by atoms with Gasteiger partial charge in [-0.1, -0.05) is 0 Å². The Labute approximate surface area is 94.6 Å². The summed E-state index contributed by atoms with van der Waals surface area (Å²) in [7, 11) is 0. The van der Waals surface area contributed by atoms with Crippen LogP contribution >= 0.6 is 0 Å². The van der Waals surface area contributed by atoms with Crippen LogP contribution in [0.25, 0.3) is 0 Å². The zero-order valence-electron chi connectivity index (χ0n) is 8.62. The van der Waals surface area contributed by atoms with Crippen molar-refractivity contribution < 1.29 is 27.9 Å². The zero-order valence-corrected chi connectivity index (χ0v) is 8.62. The maximum atomic E-state index is 12.0. The monoisotopic (exact) mass is 253 g/mol. The van der Waals surface area contributed by atoms with Crippen LogP contribution in [-0.2, 0) is 9.59 Å². The van der Waals surface area contributed by atoms with Crippen LogP contribution in [0, 0.1) is 11.3 Å². The molecule has 0 unspecified atom stereocenters. The standard InChI is InChI=1S/C8H10F3N3O3/c9-8(10,11)5-14(3-4-15)7(17)6(16)13-2-1-12/h15H,2-5H2,(H,13,16). The number of aliphatic hydroxyl groups is 1. The Balaban J connectivity index is 4.54. The molecule has 0 aromatic carbocycles. The fraction of sp³-hybridized carbons (Fsp3) is 0.625. The Morgan fingerprint density at radius 3 is 2.41 bits per heavy atom. The van der Waals surface area contributed by atoms with Crippen molar-refractivity contribution in [3.8, 4) is 6.07 Å². The number of amides is 2. The molecule has 0 saturated carbocycles. The predicted octanol–water partition coefficient (Wildman–Crippen LogP) is -0.991. The molecule has 0 aliphatic rings. The van der Waals surface area contributed by atoms with Gasteiger partial charge < -0.3 is 15.3 Å². The minimum atomic E-state index is -4.67. The van der Waals surface area contributed by atoms with Crippen molar-refractivity contribution in [2.75, 3.05) is 26.2 Å². The van der Waals surface area contributed by atoms with Gasteiger partial charge in [-0.15, -0.1) is 0 Å². The molecule has 0 spiro atoms. The average Bonchev–Trinajstić information content (AvgIpc) is 2.22. The predicted molar refractivity (Wildman–Crippen MR) is 48.3 cm³/mol. The van der Waals surface area contributed by atoms with Crippen LogP contribution in [0.1, 0.15) is 0 Å². The minimum absolute atomic E-state index is 0.159. The molecule has 0 saturated heterocycles. The molecule has 2 amide bonds. The first kappa shape index (κ1) is 15.2. The van der Waals surface area contributed by atoms with Crippen molar-refractivity contribution in [3.05, 3.63) is 0 Å². The number of carbonyl (C=O) groups is 2. The van der Waals surface area contributed by atoms with Crippen molar-refractivity contribution in [3.63, 3.8) is 0 Å². The fourth-order valence-electron chi connectivity index (χ4n) is 0.929. The fourth-order valence-corrected chi connectivity index (χ4v) is 0.929. The van der Waals surface area contributed by atoms with Crippen LogP contribution in [0.3, 0.4) is 0 Å². The highest BCUT2D eigenvalue weighted by Crippen LogP contribution is 2.16. The molecule has 0 aromatic rings. The highest BCUT2D eigenvalue weighted by molar-refractivity contribution is 6.35. The van der Waals surface area contributed by atoms with Gasteiger partial charge in [0.05, 0.1) is 12.7 Å². The molecule has 2 N–H and O–H groups in total. The second-order valence-electron chi connectivity index (χ2n) is 2.91. The van der Waals surface area contributed by atoms with Gasteiger partial charge in [0.15, 0.2) is 0 Å². The summed E-state index contributed by atoms with van der Waals surface area (Å²) in [5, 5.41) is 18.4. The van der Waals surface area contributed by atoms with E-state index in [4.69, 9.17) is 10.4 Å². The van der Waals surface area contributed by atoms with Crippen molar-refractivity contribution >= 4 is 11.8 Å². The zero-order chi connectivity index (χ0) is 13.5. The number of aliphatic hydroxyl groups excluding tert-OH is 1. The van der Waals surface area contributed by atoms with E-state index in [1.807, 2.05) is 5.32 Å². The smallest absolute Gasteiger partial charge is 0.395 e. The minimum Gasteiger partial charge on any atom is -0.395 e. The second-order valence-corrected chi connectivity index (χ2v) is 2.91. The van der Waals surface area contributed by atoms with Crippen LogP contribution in [0.4, 0.5) is 13.2 Å². The van der Waals surface area contributed by atoms with Crippen LogP contribution in [-0.4, -0.2) is 54.2 Å². The summed E-state index contributed by atoms with van der Waals surface area (Å²) in [6.45, 7) is -3.43. The second kappa shape index (κ2) is 6.70. The van der Waals surface area contributed by atoms with E-state index in [9.17, 15) is 22.8 Å². The van der Waals surface area contributed by atoms with Gasteiger partial charge in [-0.3, -0.25) is 9.59 Å². The summed E-state index contributed by atoms with van der Waals surface area (Å²) in [6.07, 6.45) is -4.67. The summed E-state index contributed by atoms with van der Waals surface area (Å²) in [6, 6.07) is 1.50. The van der Waals surface area contributed by atoms with E-state index in [0.717, 1.165) is 0 Å². The number of carbonyl (C=O) groups excluding carboxylic acids is 2. The lowest BCUT2D eigenvalue weighted by Crippen LogP contribution is -2.47. The molecule has 0 aliphatic heterocycles. The van der Waals surface area contributed by atoms with Gasteiger partial charge in [0, 0.05) is 6.54 Å². The molecule has 0 atom stereocenters. The summed E-state index contributed by atoms with van der Waals surface area (Å²) < 4.78 is 36.1. The molecule has 9 heteroatoms. The molecule has 6 nitrogen and oxygen atoms in total. The first-order valence-electron chi connectivity index (χ1n) is 4.43. The lowest BCUT2D eigenvalue weighted by Gasteiger charge is -2.22. The van der Waals surface area contributed by atoms with E-state index in [-0.39, 0.29) is 4.90 Å². The third-order valence-electron chi connectivity index (χ3n) is 1.55. The highest BCUT2D eigenvalue weighted by Gasteiger charge is 2.34. The Morgan fingerprint density at radius 1 is 1.41 bits per heavy atom. The number of alkyl halides is 3. The van der Waals surface area contributed by atoms with Crippen LogP contribution in [0.15, 0.2) is 0 Å². The molecular weight excluding hydrogens is 243 g/mol. The van der Waals surface area contributed by atoms with Crippen LogP contribution in [0.5, 0.6) is 0 Å². The quantitative estimate of drug-likeness (QED) is 0.497. The van der Waals surface area contributed by atoms with Gasteiger partial charge in [0.2, 0.25) is 0 Å². The molecule has 96 valence electrons. The van der Waals surface area contributed by atoms with Crippen LogP contribution in [0.2, 0.25) is 0 Å². The molecule has 0 aliphatic carbocycles. The van der Waals surface area contributed by atoms with Gasteiger partial charge in [0.1, 0.15) is 13.1 Å². The Bertz CT molecular complexity index is 324. The molecule has 0 fully saturated rings. The number of rotatable bonds is 4. The lowest BCUT2D eigenvalue weighted by atomic mass is 10.4. The Hall–Kier alpha value is -1.82. The van der Waals surface area contributed by atoms with Gasteiger partial charge >= 0.3 is 18.0 Å². The molecule has 0 bridgehead atoms. The molecular formula is C8H10F3N3O3. The van der Waals surface area contributed by atoms with Crippen molar-refractivity contribution in [1.29, 1.82) is 5.26 Å². The Morgan fingerprint density at radius 2 is 2.00 bits per heavy atom. The summed E-state index contributed by atoms with van der Waals surface area (Å²) in [4.78, 5) is 22.4. The SMILES string of the molecule is N#CCNC(=O)C(=O)N(CCO)CC(F)(F)F. The number of hydrogen-bond acceptors (Lipinski definition) is 4. The number of nitrogens with one attached hydrogen (secondary N) is 1. The first-order valence-corrected chi connectivity index (χ1v) is 4.43. The third-order valence-corrected chi connectivity index (χ3v) is 1.55. The maximum absolute atomic E-state index is 12.0. The van der Waals surface area contributed by atoms with Gasteiger partial charge in [0.25, 0.3) is 0 Å². The normalized spacial score (nSPS) is 10.5. The van der Waals surface area contributed by atoms with Crippen LogP contribution < -0.4 is 5.32 Å². The van der Waals surface area contributed by atoms with E-state index in [2.05, 4.69) is 0 Å². The maximum Gasteiger partial charge on any atom is 0.406 e. The van der Waals surface area contributed by atoms with E-state index < -0.39 is 44.2 Å². The third kappa shape index (κ3) is 6.36. The molecule has 17 heavy (non-hydrogen) atoms. The number of nitrogens with zero attached hydrogens (tertiary/aromatic N) is 2.